The average Bonchev–Trinajstić information content (AvgIpc) is 3.19. The fourth-order valence-electron chi connectivity index (χ4n) is 2.33. The molecule has 0 unspecified atom stereocenters. The van der Waals surface area contributed by atoms with E-state index in [9.17, 15) is 4.79 Å². The van der Waals surface area contributed by atoms with Gasteiger partial charge in [0.2, 0.25) is 11.7 Å². The molecule has 0 atom stereocenters. The highest BCUT2D eigenvalue weighted by Crippen LogP contribution is 2.24. The van der Waals surface area contributed by atoms with Gasteiger partial charge in [-0.2, -0.15) is 4.98 Å². The lowest BCUT2D eigenvalue weighted by Gasteiger charge is -2.05. The standard InChI is InChI=1S/C18H20N4O2S/c1-10(2)18-20-11(3)15(25-18)17(23)19-9-13-5-7-14(8-6-13)16-21-12(4)24-22-16/h5-8,10H,9H2,1-4H3,(H,19,23). The van der Waals surface area contributed by atoms with Crippen molar-refractivity contribution >= 4 is 17.2 Å². The summed E-state index contributed by atoms with van der Waals surface area (Å²) >= 11 is 1.46. The normalized spacial score (nSPS) is 11.1. The topological polar surface area (TPSA) is 80.9 Å². The highest BCUT2D eigenvalue weighted by Gasteiger charge is 2.16. The molecule has 7 heteroatoms. The van der Waals surface area contributed by atoms with Crippen molar-refractivity contribution in [2.75, 3.05) is 0 Å². The van der Waals surface area contributed by atoms with Crippen molar-refractivity contribution in [2.45, 2.75) is 40.2 Å². The number of aryl methyl sites for hydroxylation is 2. The molecule has 1 amide bonds. The minimum Gasteiger partial charge on any atom is -0.347 e. The van der Waals surface area contributed by atoms with Crippen LogP contribution in [0, 0.1) is 13.8 Å². The summed E-state index contributed by atoms with van der Waals surface area (Å²) in [6, 6.07) is 7.72. The van der Waals surface area contributed by atoms with Crippen LogP contribution in [0.15, 0.2) is 28.8 Å². The van der Waals surface area contributed by atoms with Gasteiger partial charge in [-0.3, -0.25) is 4.79 Å². The van der Waals surface area contributed by atoms with Crippen molar-refractivity contribution in [2.24, 2.45) is 0 Å². The first-order valence-corrected chi connectivity index (χ1v) is 8.91. The van der Waals surface area contributed by atoms with Gasteiger partial charge in [-0.25, -0.2) is 4.98 Å². The first-order valence-electron chi connectivity index (χ1n) is 8.09. The van der Waals surface area contributed by atoms with Gasteiger partial charge < -0.3 is 9.84 Å². The largest absolute Gasteiger partial charge is 0.347 e. The van der Waals surface area contributed by atoms with Crippen molar-refractivity contribution in [3.05, 3.63) is 51.3 Å². The number of rotatable bonds is 5. The lowest BCUT2D eigenvalue weighted by Crippen LogP contribution is -2.22. The molecule has 0 saturated carbocycles. The molecule has 0 aliphatic carbocycles. The molecule has 1 N–H and O–H groups in total. The predicted molar refractivity (Wildman–Crippen MR) is 96.6 cm³/mol. The summed E-state index contributed by atoms with van der Waals surface area (Å²) in [5.41, 5.74) is 2.67. The van der Waals surface area contributed by atoms with Gasteiger partial charge in [0, 0.05) is 24.9 Å². The molecular formula is C18H20N4O2S. The Labute approximate surface area is 150 Å². The SMILES string of the molecule is Cc1nc(-c2ccc(CNC(=O)c3sc(C(C)C)nc3C)cc2)no1. The summed E-state index contributed by atoms with van der Waals surface area (Å²) in [4.78, 5) is 21.7. The third-order valence-electron chi connectivity index (χ3n) is 3.71. The smallest absolute Gasteiger partial charge is 0.263 e. The van der Waals surface area contributed by atoms with Crippen LogP contribution in [0.2, 0.25) is 0 Å². The molecule has 3 aromatic rings. The minimum absolute atomic E-state index is 0.0835. The van der Waals surface area contributed by atoms with E-state index in [-0.39, 0.29) is 5.91 Å². The Hall–Kier alpha value is -2.54. The minimum atomic E-state index is -0.0835. The number of nitrogens with one attached hydrogen (secondary N) is 1. The van der Waals surface area contributed by atoms with Gasteiger partial charge in [-0.15, -0.1) is 11.3 Å². The van der Waals surface area contributed by atoms with Crippen molar-refractivity contribution in [3.8, 4) is 11.4 Å². The Bertz CT molecular complexity index is 881. The van der Waals surface area contributed by atoms with Crippen LogP contribution in [0.25, 0.3) is 11.4 Å². The highest BCUT2D eigenvalue weighted by molar-refractivity contribution is 7.13. The van der Waals surface area contributed by atoms with Crippen molar-refractivity contribution in [3.63, 3.8) is 0 Å². The van der Waals surface area contributed by atoms with E-state index < -0.39 is 0 Å². The van der Waals surface area contributed by atoms with E-state index in [1.54, 1.807) is 6.92 Å². The Morgan fingerprint density at radius 3 is 2.48 bits per heavy atom. The average molecular weight is 356 g/mol. The third-order valence-corrected chi connectivity index (χ3v) is 5.16. The van der Waals surface area contributed by atoms with E-state index in [0.29, 0.717) is 29.1 Å². The third kappa shape index (κ3) is 3.93. The fraction of sp³-hybridized carbons (Fsp3) is 0.333. The first-order chi connectivity index (χ1) is 11.9. The molecule has 0 spiro atoms. The molecular weight excluding hydrogens is 336 g/mol. The zero-order chi connectivity index (χ0) is 18.0. The number of carbonyl (C=O) groups is 1. The van der Waals surface area contributed by atoms with E-state index >= 15 is 0 Å². The zero-order valence-corrected chi connectivity index (χ0v) is 15.5. The van der Waals surface area contributed by atoms with Gasteiger partial charge in [0.15, 0.2) is 0 Å². The van der Waals surface area contributed by atoms with Crippen LogP contribution < -0.4 is 5.32 Å². The molecule has 0 aliphatic rings. The maximum Gasteiger partial charge on any atom is 0.263 e. The summed E-state index contributed by atoms with van der Waals surface area (Å²) in [6.45, 7) is 8.24. The van der Waals surface area contributed by atoms with Crippen molar-refractivity contribution in [1.82, 2.24) is 20.4 Å². The van der Waals surface area contributed by atoms with Crippen LogP contribution in [-0.4, -0.2) is 21.0 Å². The molecule has 25 heavy (non-hydrogen) atoms. The van der Waals surface area contributed by atoms with E-state index in [0.717, 1.165) is 21.8 Å². The summed E-state index contributed by atoms with van der Waals surface area (Å²) < 4.78 is 4.98. The maximum atomic E-state index is 12.4. The van der Waals surface area contributed by atoms with Crippen LogP contribution in [0.5, 0.6) is 0 Å². The van der Waals surface area contributed by atoms with Crippen LogP contribution in [0.4, 0.5) is 0 Å². The molecule has 0 saturated heterocycles. The van der Waals surface area contributed by atoms with Crippen LogP contribution in [0.3, 0.4) is 0 Å². The van der Waals surface area contributed by atoms with E-state index in [2.05, 4.69) is 34.3 Å². The molecule has 1 aromatic carbocycles. The second-order valence-corrected chi connectivity index (χ2v) is 7.17. The Balaban J connectivity index is 1.64. The summed E-state index contributed by atoms with van der Waals surface area (Å²) in [5.74, 6) is 1.34. The van der Waals surface area contributed by atoms with Crippen molar-refractivity contribution in [1.29, 1.82) is 0 Å². The zero-order valence-electron chi connectivity index (χ0n) is 14.7. The van der Waals surface area contributed by atoms with Gasteiger partial charge in [0.05, 0.1) is 10.7 Å². The van der Waals surface area contributed by atoms with Gasteiger partial charge >= 0.3 is 0 Å². The monoisotopic (exact) mass is 356 g/mol. The van der Waals surface area contributed by atoms with Crippen molar-refractivity contribution < 1.29 is 9.32 Å². The number of aromatic nitrogens is 3. The molecule has 2 heterocycles. The Morgan fingerprint density at radius 2 is 1.92 bits per heavy atom. The summed E-state index contributed by atoms with van der Waals surface area (Å²) in [6.07, 6.45) is 0. The molecule has 3 rings (SSSR count). The maximum absolute atomic E-state index is 12.4. The lowest BCUT2D eigenvalue weighted by molar-refractivity contribution is 0.0954. The predicted octanol–water partition coefficient (Wildman–Crippen LogP) is 3.86. The number of hydrogen-bond donors (Lipinski definition) is 1. The molecule has 130 valence electrons. The van der Waals surface area contributed by atoms with E-state index in [1.807, 2.05) is 31.2 Å². The van der Waals surface area contributed by atoms with Crippen LogP contribution in [-0.2, 0) is 6.54 Å². The summed E-state index contributed by atoms with van der Waals surface area (Å²) in [7, 11) is 0. The number of carbonyl (C=O) groups excluding carboxylic acids is 1. The van der Waals surface area contributed by atoms with Gasteiger partial charge in [0.25, 0.3) is 5.91 Å². The van der Waals surface area contributed by atoms with Gasteiger partial charge in [0.1, 0.15) is 4.88 Å². The number of nitrogens with zero attached hydrogens (tertiary/aromatic N) is 3. The number of thiazole rings is 1. The van der Waals surface area contributed by atoms with Crippen LogP contribution in [0.1, 0.15) is 51.6 Å². The second-order valence-electron chi connectivity index (χ2n) is 6.14. The van der Waals surface area contributed by atoms with E-state index in [4.69, 9.17) is 4.52 Å². The molecule has 0 fully saturated rings. The van der Waals surface area contributed by atoms with Crippen LogP contribution >= 0.6 is 11.3 Å². The number of hydrogen-bond acceptors (Lipinski definition) is 6. The van der Waals surface area contributed by atoms with E-state index in [1.165, 1.54) is 11.3 Å². The number of benzene rings is 1. The molecule has 0 aliphatic heterocycles. The molecule has 6 nitrogen and oxygen atoms in total. The first kappa shape index (κ1) is 17.3. The molecule has 0 radical (unpaired) electrons. The highest BCUT2D eigenvalue weighted by atomic mass is 32.1. The Morgan fingerprint density at radius 1 is 1.20 bits per heavy atom. The second kappa shape index (κ2) is 7.14. The lowest BCUT2D eigenvalue weighted by atomic mass is 10.1. The molecule has 2 aromatic heterocycles. The quantitative estimate of drug-likeness (QED) is 0.751. The molecule has 0 bridgehead atoms. The fourth-order valence-corrected chi connectivity index (χ4v) is 3.31. The van der Waals surface area contributed by atoms with Gasteiger partial charge in [-0.1, -0.05) is 43.3 Å². The Kier molecular flexibility index (Phi) is 4.94. The van der Waals surface area contributed by atoms with Gasteiger partial charge in [-0.05, 0) is 12.5 Å². The summed E-state index contributed by atoms with van der Waals surface area (Å²) in [5, 5.41) is 7.84. The number of amides is 1.